The summed E-state index contributed by atoms with van der Waals surface area (Å²) in [7, 11) is 0. The molecule has 0 heterocycles. The van der Waals surface area contributed by atoms with Crippen LogP contribution in [0.15, 0.2) is 12.1 Å². The zero-order valence-corrected chi connectivity index (χ0v) is 8.66. The number of hydrogen-bond donors (Lipinski definition) is 2. The van der Waals surface area contributed by atoms with Crippen LogP contribution in [-0.4, -0.2) is 11.1 Å². The minimum absolute atomic E-state index is 0.171. The summed E-state index contributed by atoms with van der Waals surface area (Å²) in [5.74, 6) is -0.721. The number of nitrogen functional groups attached to an aromatic ring is 1. The Kier molecular flexibility index (Phi) is 2.79. The van der Waals surface area contributed by atoms with Gasteiger partial charge in [0, 0.05) is 5.69 Å². The van der Waals surface area contributed by atoms with Crippen molar-refractivity contribution in [1.29, 1.82) is 0 Å². The summed E-state index contributed by atoms with van der Waals surface area (Å²) in [6.07, 6.45) is 0. The number of nitrogens with two attached hydrogens (primary N) is 1. The van der Waals surface area contributed by atoms with Crippen LogP contribution in [0.25, 0.3) is 0 Å². The molecular weight excluding hydrogens is 178 g/mol. The Balaban J connectivity index is 3.45. The maximum absolute atomic E-state index is 10.9. The average molecular weight is 193 g/mol. The van der Waals surface area contributed by atoms with Crippen LogP contribution < -0.4 is 5.73 Å². The number of hydrogen-bond acceptors (Lipinski definition) is 2. The quantitative estimate of drug-likeness (QED) is 0.709. The van der Waals surface area contributed by atoms with Crippen molar-refractivity contribution in [3.63, 3.8) is 0 Å². The molecule has 0 bridgehead atoms. The molecular formula is C11H15NO2. The van der Waals surface area contributed by atoms with E-state index in [0.29, 0.717) is 11.3 Å². The first-order chi connectivity index (χ1) is 6.45. The average Bonchev–Trinajstić information content (AvgIpc) is 2.08. The summed E-state index contributed by atoms with van der Waals surface area (Å²) in [5.41, 5.74) is 8.45. The largest absolute Gasteiger partial charge is 0.478 e. The molecule has 14 heavy (non-hydrogen) atoms. The molecule has 0 aliphatic rings. The van der Waals surface area contributed by atoms with E-state index in [1.165, 1.54) is 0 Å². The molecule has 0 radical (unpaired) electrons. The molecule has 0 amide bonds. The van der Waals surface area contributed by atoms with Crippen LogP contribution in [0.4, 0.5) is 5.69 Å². The van der Waals surface area contributed by atoms with Gasteiger partial charge in [-0.2, -0.15) is 0 Å². The third kappa shape index (κ3) is 1.71. The van der Waals surface area contributed by atoms with Crippen molar-refractivity contribution in [1.82, 2.24) is 0 Å². The Labute approximate surface area is 83.6 Å². The van der Waals surface area contributed by atoms with Gasteiger partial charge in [0.15, 0.2) is 0 Å². The Morgan fingerprint density at radius 1 is 1.43 bits per heavy atom. The van der Waals surface area contributed by atoms with E-state index in [1.807, 2.05) is 20.8 Å². The molecule has 1 rings (SSSR count). The van der Waals surface area contributed by atoms with Gasteiger partial charge >= 0.3 is 5.97 Å². The van der Waals surface area contributed by atoms with Crippen LogP contribution in [0.3, 0.4) is 0 Å². The van der Waals surface area contributed by atoms with Crippen molar-refractivity contribution in [2.45, 2.75) is 26.7 Å². The molecule has 0 unspecified atom stereocenters. The fraction of sp³-hybridized carbons (Fsp3) is 0.364. The first-order valence-electron chi connectivity index (χ1n) is 4.57. The second-order valence-corrected chi connectivity index (χ2v) is 3.70. The maximum atomic E-state index is 10.9. The lowest BCUT2D eigenvalue weighted by Gasteiger charge is -2.14. The number of carboxylic acids is 1. The second-order valence-electron chi connectivity index (χ2n) is 3.70. The van der Waals surface area contributed by atoms with Gasteiger partial charge < -0.3 is 10.8 Å². The Hall–Kier alpha value is -1.51. The molecule has 0 saturated heterocycles. The highest BCUT2D eigenvalue weighted by molar-refractivity contribution is 5.91. The van der Waals surface area contributed by atoms with E-state index in [1.54, 1.807) is 12.1 Å². The molecule has 0 spiro atoms. The molecule has 1 aromatic carbocycles. The third-order valence-corrected chi connectivity index (χ3v) is 2.36. The van der Waals surface area contributed by atoms with Gasteiger partial charge in [-0.05, 0) is 36.1 Å². The highest BCUT2D eigenvalue weighted by Gasteiger charge is 2.16. The van der Waals surface area contributed by atoms with Crippen molar-refractivity contribution in [2.24, 2.45) is 0 Å². The van der Waals surface area contributed by atoms with Crippen molar-refractivity contribution in [3.8, 4) is 0 Å². The first kappa shape index (κ1) is 10.6. The molecule has 1 aromatic rings. The lowest BCUT2D eigenvalue weighted by molar-refractivity contribution is 0.0695. The summed E-state index contributed by atoms with van der Waals surface area (Å²) < 4.78 is 0. The van der Waals surface area contributed by atoms with Crippen molar-refractivity contribution >= 4 is 11.7 Å². The third-order valence-electron chi connectivity index (χ3n) is 2.36. The molecule has 0 aliphatic carbocycles. The Morgan fingerprint density at radius 3 is 2.43 bits per heavy atom. The number of carbonyl (C=O) groups is 1. The molecule has 3 N–H and O–H groups in total. The topological polar surface area (TPSA) is 63.3 Å². The van der Waals surface area contributed by atoms with Crippen LogP contribution in [0, 0.1) is 6.92 Å². The van der Waals surface area contributed by atoms with Gasteiger partial charge in [0.05, 0.1) is 5.56 Å². The van der Waals surface area contributed by atoms with E-state index in [2.05, 4.69) is 0 Å². The van der Waals surface area contributed by atoms with Crippen molar-refractivity contribution < 1.29 is 9.90 Å². The first-order valence-corrected chi connectivity index (χ1v) is 4.57. The summed E-state index contributed by atoms with van der Waals surface area (Å²) in [6.45, 7) is 5.79. The summed E-state index contributed by atoms with van der Waals surface area (Å²) in [4.78, 5) is 10.9. The second kappa shape index (κ2) is 3.70. The minimum Gasteiger partial charge on any atom is -0.478 e. The van der Waals surface area contributed by atoms with Crippen LogP contribution in [0.2, 0.25) is 0 Å². The molecule has 3 nitrogen and oxygen atoms in total. The van der Waals surface area contributed by atoms with Gasteiger partial charge in [0.2, 0.25) is 0 Å². The van der Waals surface area contributed by atoms with Gasteiger partial charge in [-0.3, -0.25) is 0 Å². The highest BCUT2D eigenvalue weighted by atomic mass is 16.4. The fourth-order valence-electron chi connectivity index (χ4n) is 1.68. The predicted molar refractivity (Wildman–Crippen MR) is 56.6 cm³/mol. The number of anilines is 1. The molecule has 3 heteroatoms. The number of aromatic carboxylic acids is 1. The van der Waals surface area contributed by atoms with Crippen molar-refractivity contribution in [3.05, 3.63) is 28.8 Å². The zero-order chi connectivity index (χ0) is 10.9. The number of rotatable bonds is 2. The highest BCUT2D eigenvalue weighted by Crippen LogP contribution is 2.27. The normalized spacial score (nSPS) is 10.6. The van der Waals surface area contributed by atoms with Gasteiger partial charge in [0.1, 0.15) is 0 Å². The maximum Gasteiger partial charge on any atom is 0.335 e. The number of carboxylic acid groups (broad SMARTS) is 1. The summed E-state index contributed by atoms with van der Waals surface area (Å²) in [5, 5.41) is 8.99. The van der Waals surface area contributed by atoms with E-state index < -0.39 is 5.97 Å². The van der Waals surface area contributed by atoms with E-state index in [-0.39, 0.29) is 5.92 Å². The van der Waals surface area contributed by atoms with E-state index in [9.17, 15) is 4.79 Å². The smallest absolute Gasteiger partial charge is 0.335 e. The number of benzene rings is 1. The molecule has 0 aromatic heterocycles. The van der Waals surface area contributed by atoms with Crippen LogP contribution in [0.1, 0.15) is 41.3 Å². The van der Waals surface area contributed by atoms with Gasteiger partial charge in [0.25, 0.3) is 0 Å². The summed E-state index contributed by atoms with van der Waals surface area (Å²) in [6, 6.07) is 3.21. The summed E-state index contributed by atoms with van der Waals surface area (Å²) >= 11 is 0. The monoisotopic (exact) mass is 193 g/mol. The predicted octanol–water partition coefficient (Wildman–Crippen LogP) is 2.40. The van der Waals surface area contributed by atoms with Crippen LogP contribution in [0.5, 0.6) is 0 Å². The van der Waals surface area contributed by atoms with Crippen molar-refractivity contribution in [2.75, 3.05) is 5.73 Å². The Morgan fingerprint density at radius 2 is 2.00 bits per heavy atom. The van der Waals surface area contributed by atoms with Gasteiger partial charge in [-0.1, -0.05) is 13.8 Å². The lowest BCUT2D eigenvalue weighted by Crippen LogP contribution is -2.07. The molecule has 0 aliphatic heterocycles. The Bertz CT molecular complexity index is 370. The zero-order valence-electron chi connectivity index (χ0n) is 8.66. The van der Waals surface area contributed by atoms with E-state index in [0.717, 1.165) is 11.1 Å². The van der Waals surface area contributed by atoms with E-state index >= 15 is 0 Å². The molecule has 0 atom stereocenters. The van der Waals surface area contributed by atoms with E-state index in [4.69, 9.17) is 10.8 Å². The lowest BCUT2D eigenvalue weighted by atomic mass is 9.91. The van der Waals surface area contributed by atoms with Crippen LogP contribution in [-0.2, 0) is 0 Å². The minimum atomic E-state index is -0.892. The molecule has 76 valence electrons. The SMILES string of the molecule is Cc1c(N)ccc(C(=O)O)c1C(C)C. The standard InChI is InChI=1S/C11H15NO2/c1-6(2)10-7(3)9(12)5-4-8(10)11(13)14/h4-6H,12H2,1-3H3,(H,13,14). The van der Waals surface area contributed by atoms with Crippen LogP contribution >= 0.6 is 0 Å². The van der Waals surface area contributed by atoms with Gasteiger partial charge in [-0.15, -0.1) is 0 Å². The molecule has 0 fully saturated rings. The fourth-order valence-corrected chi connectivity index (χ4v) is 1.68. The molecule has 0 saturated carbocycles. The van der Waals surface area contributed by atoms with Gasteiger partial charge in [-0.25, -0.2) is 4.79 Å².